The second-order valence-electron chi connectivity index (χ2n) is 6.66. The maximum Gasteiger partial charge on any atom is 0.240 e. The van der Waals surface area contributed by atoms with E-state index in [1.54, 1.807) is 29.6 Å². The number of anilines is 2. The van der Waals surface area contributed by atoms with Gasteiger partial charge in [-0.05, 0) is 43.8 Å². The number of amides is 2. The quantitative estimate of drug-likeness (QED) is 0.599. The lowest BCUT2D eigenvalue weighted by Gasteiger charge is -2.15. The van der Waals surface area contributed by atoms with Crippen LogP contribution in [0.1, 0.15) is 5.56 Å². The standard InChI is InChI=1S/C20H19F2N5O2S/c1-12-3-6-17(23-8-12)25-18(28)9-27(2)10-19(29)26-20-24-16(11-30-20)13-4-5-14(21)15(22)7-13/h3-8,11H,9-10H2,1-2H3,(H,23,25,28)(H,24,26,29). The van der Waals surface area contributed by atoms with Crippen LogP contribution in [-0.2, 0) is 9.59 Å². The summed E-state index contributed by atoms with van der Waals surface area (Å²) in [4.78, 5) is 34.1. The Morgan fingerprint density at radius 1 is 1.07 bits per heavy atom. The van der Waals surface area contributed by atoms with Crippen molar-refractivity contribution in [2.45, 2.75) is 6.92 Å². The molecule has 1 aromatic carbocycles. The number of hydrogen-bond donors (Lipinski definition) is 2. The number of carbonyl (C=O) groups excluding carboxylic acids is 2. The topological polar surface area (TPSA) is 87.2 Å². The molecule has 156 valence electrons. The number of likely N-dealkylation sites (N-methyl/N-ethyl adjacent to an activating group) is 1. The number of halogens is 2. The van der Waals surface area contributed by atoms with E-state index < -0.39 is 11.6 Å². The van der Waals surface area contributed by atoms with E-state index in [1.165, 1.54) is 6.07 Å². The summed E-state index contributed by atoms with van der Waals surface area (Å²) in [6, 6.07) is 7.02. The van der Waals surface area contributed by atoms with Crippen LogP contribution in [0, 0.1) is 18.6 Å². The number of benzene rings is 1. The van der Waals surface area contributed by atoms with Crippen molar-refractivity contribution in [1.82, 2.24) is 14.9 Å². The van der Waals surface area contributed by atoms with E-state index in [1.807, 2.05) is 13.0 Å². The Kier molecular flexibility index (Phi) is 6.80. The maximum atomic E-state index is 13.4. The summed E-state index contributed by atoms with van der Waals surface area (Å²) in [5.74, 6) is -2.11. The van der Waals surface area contributed by atoms with Crippen LogP contribution in [0.25, 0.3) is 11.3 Å². The molecule has 2 aromatic heterocycles. The second kappa shape index (κ2) is 9.51. The van der Waals surface area contributed by atoms with Crippen LogP contribution in [0.5, 0.6) is 0 Å². The second-order valence-corrected chi connectivity index (χ2v) is 7.51. The number of aryl methyl sites for hydroxylation is 1. The molecule has 2 amide bonds. The van der Waals surface area contributed by atoms with E-state index >= 15 is 0 Å². The van der Waals surface area contributed by atoms with E-state index in [9.17, 15) is 18.4 Å². The highest BCUT2D eigenvalue weighted by Crippen LogP contribution is 2.26. The molecule has 0 bridgehead atoms. The molecule has 0 spiro atoms. The van der Waals surface area contributed by atoms with E-state index in [4.69, 9.17) is 0 Å². The maximum absolute atomic E-state index is 13.4. The Morgan fingerprint density at radius 3 is 2.47 bits per heavy atom. The highest BCUT2D eigenvalue weighted by atomic mass is 32.1. The van der Waals surface area contributed by atoms with Gasteiger partial charge in [0.25, 0.3) is 0 Å². The first-order valence-corrected chi connectivity index (χ1v) is 9.80. The van der Waals surface area contributed by atoms with Gasteiger partial charge >= 0.3 is 0 Å². The fraction of sp³-hybridized carbons (Fsp3) is 0.200. The Balaban J connectivity index is 1.50. The van der Waals surface area contributed by atoms with Crippen LogP contribution in [0.3, 0.4) is 0 Å². The molecule has 2 heterocycles. The normalized spacial score (nSPS) is 10.8. The van der Waals surface area contributed by atoms with E-state index in [-0.39, 0.29) is 24.9 Å². The Hall–Kier alpha value is -3.24. The molecule has 0 saturated carbocycles. The summed E-state index contributed by atoms with van der Waals surface area (Å²) >= 11 is 1.16. The van der Waals surface area contributed by atoms with Crippen LogP contribution >= 0.6 is 11.3 Å². The van der Waals surface area contributed by atoms with Crippen LogP contribution in [0.4, 0.5) is 19.7 Å². The van der Waals surface area contributed by atoms with Gasteiger partial charge in [-0.2, -0.15) is 0 Å². The molecule has 0 fully saturated rings. The molecule has 0 unspecified atom stereocenters. The third kappa shape index (κ3) is 5.88. The molecule has 0 aliphatic heterocycles. The summed E-state index contributed by atoms with van der Waals surface area (Å²) in [6.45, 7) is 1.87. The van der Waals surface area contributed by atoms with E-state index in [0.717, 1.165) is 29.0 Å². The molecular formula is C20H19F2N5O2S. The van der Waals surface area contributed by atoms with Crippen molar-refractivity contribution in [2.24, 2.45) is 0 Å². The predicted octanol–water partition coefficient (Wildman–Crippen LogP) is 3.30. The van der Waals surface area contributed by atoms with E-state index in [0.29, 0.717) is 22.2 Å². The van der Waals surface area contributed by atoms with Gasteiger partial charge in [-0.25, -0.2) is 18.7 Å². The number of thiazole rings is 1. The lowest BCUT2D eigenvalue weighted by atomic mass is 10.2. The Labute approximate surface area is 175 Å². The van der Waals surface area contributed by atoms with Gasteiger partial charge in [-0.1, -0.05) is 6.07 Å². The zero-order valence-electron chi connectivity index (χ0n) is 16.3. The number of carbonyl (C=O) groups is 2. The average Bonchev–Trinajstić information content (AvgIpc) is 3.13. The molecule has 3 aromatic rings. The summed E-state index contributed by atoms with van der Waals surface area (Å²) in [5.41, 5.74) is 1.81. The van der Waals surface area contributed by atoms with Gasteiger partial charge in [-0.15, -0.1) is 11.3 Å². The van der Waals surface area contributed by atoms with Crippen LogP contribution in [0.15, 0.2) is 41.9 Å². The van der Waals surface area contributed by atoms with Gasteiger partial charge in [-0.3, -0.25) is 14.5 Å². The Morgan fingerprint density at radius 2 is 1.80 bits per heavy atom. The first kappa shape index (κ1) is 21.5. The SMILES string of the molecule is Cc1ccc(NC(=O)CN(C)CC(=O)Nc2nc(-c3ccc(F)c(F)c3)cs2)nc1. The molecule has 0 atom stereocenters. The largest absolute Gasteiger partial charge is 0.310 e. The van der Waals surface area contributed by atoms with E-state index in [2.05, 4.69) is 20.6 Å². The average molecular weight is 431 g/mol. The molecule has 0 radical (unpaired) electrons. The Bertz CT molecular complexity index is 1060. The molecule has 0 aliphatic rings. The summed E-state index contributed by atoms with van der Waals surface area (Å²) in [7, 11) is 1.64. The minimum Gasteiger partial charge on any atom is -0.310 e. The molecule has 0 saturated heterocycles. The molecular weight excluding hydrogens is 412 g/mol. The number of aromatic nitrogens is 2. The lowest BCUT2D eigenvalue weighted by molar-refractivity contribution is -0.119. The molecule has 3 rings (SSSR count). The van der Waals surface area contributed by atoms with Gasteiger partial charge in [0.2, 0.25) is 11.8 Å². The van der Waals surface area contributed by atoms with Gasteiger partial charge < -0.3 is 10.6 Å². The summed E-state index contributed by atoms with van der Waals surface area (Å²) in [5, 5.41) is 7.25. The van der Waals surface area contributed by atoms with Gasteiger partial charge in [0, 0.05) is 17.1 Å². The smallest absolute Gasteiger partial charge is 0.240 e. The molecule has 2 N–H and O–H groups in total. The fourth-order valence-corrected chi connectivity index (χ4v) is 3.28. The molecule has 30 heavy (non-hydrogen) atoms. The lowest BCUT2D eigenvalue weighted by Crippen LogP contribution is -2.36. The zero-order chi connectivity index (χ0) is 21.7. The third-order valence-corrected chi connectivity index (χ3v) is 4.73. The number of pyridine rings is 1. The summed E-state index contributed by atoms with van der Waals surface area (Å²) in [6.07, 6.45) is 1.65. The van der Waals surface area contributed by atoms with Gasteiger partial charge in [0.1, 0.15) is 5.82 Å². The monoisotopic (exact) mass is 431 g/mol. The van der Waals surface area contributed by atoms with Crippen molar-refractivity contribution in [1.29, 1.82) is 0 Å². The van der Waals surface area contributed by atoms with Gasteiger partial charge in [0.05, 0.1) is 18.8 Å². The van der Waals surface area contributed by atoms with Gasteiger partial charge in [0.15, 0.2) is 16.8 Å². The number of nitrogens with one attached hydrogen (secondary N) is 2. The minimum atomic E-state index is -0.966. The van der Waals surface area contributed by atoms with Crippen LogP contribution < -0.4 is 10.6 Å². The van der Waals surface area contributed by atoms with Crippen molar-refractivity contribution in [3.63, 3.8) is 0 Å². The molecule has 0 aliphatic carbocycles. The van der Waals surface area contributed by atoms with Crippen molar-refractivity contribution in [3.05, 3.63) is 59.1 Å². The highest BCUT2D eigenvalue weighted by molar-refractivity contribution is 7.14. The predicted molar refractivity (Wildman–Crippen MR) is 111 cm³/mol. The fourth-order valence-electron chi connectivity index (χ4n) is 2.55. The van der Waals surface area contributed by atoms with Crippen molar-refractivity contribution in [3.8, 4) is 11.3 Å². The number of rotatable bonds is 7. The zero-order valence-corrected chi connectivity index (χ0v) is 17.1. The van der Waals surface area contributed by atoms with Crippen molar-refractivity contribution < 1.29 is 18.4 Å². The number of hydrogen-bond acceptors (Lipinski definition) is 6. The minimum absolute atomic E-state index is 0.000944. The highest BCUT2D eigenvalue weighted by Gasteiger charge is 2.14. The van der Waals surface area contributed by atoms with Crippen molar-refractivity contribution >= 4 is 34.1 Å². The third-order valence-electron chi connectivity index (χ3n) is 3.97. The molecule has 7 nitrogen and oxygen atoms in total. The summed E-state index contributed by atoms with van der Waals surface area (Å²) < 4.78 is 26.4. The molecule has 10 heteroatoms. The first-order valence-electron chi connectivity index (χ1n) is 8.92. The number of nitrogens with zero attached hydrogens (tertiary/aromatic N) is 3. The van der Waals surface area contributed by atoms with Crippen LogP contribution in [0.2, 0.25) is 0 Å². The van der Waals surface area contributed by atoms with Crippen molar-refractivity contribution in [2.75, 3.05) is 30.8 Å². The van der Waals surface area contributed by atoms with Crippen LogP contribution in [-0.4, -0.2) is 46.8 Å². The first-order chi connectivity index (χ1) is 14.3.